The smallest absolute Gasteiger partial charge is 0.409 e. The number of hydrogen-bond acceptors (Lipinski definition) is 5. The molecule has 0 bridgehead atoms. The maximum absolute atomic E-state index is 12.8. The Labute approximate surface area is 228 Å². The summed E-state index contributed by atoms with van der Waals surface area (Å²) in [7, 11) is 1.47. The third kappa shape index (κ3) is 5.75. The molecule has 3 fully saturated rings. The maximum Gasteiger partial charge on any atom is 0.409 e. The molecular formula is C28H38IN3O4. The van der Waals surface area contributed by atoms with Gasteiger partial charge in [-0.05, 0) is 91.9 Å². The van der Waals surface area contributed by atoms with Gasteiger partial charge in [0.15, 0.2) is 6.23 Å². The number of amides is 1. The van der Waals surface area contributed by atoms with Gasteiger partial charge in [-0.3, -0.25) is 0 Å². The molecule has 2 unspecified atom stereocenters. The van der Waals surface area contributed by atoms with Crippen LogP contribution in [0.15, 0.2) is 36.5 Å². The van der Waals surface area contributed by atoms with E-state index in [0.717, 1.165) is 68.0 Å². The van der Waals surface area contributed by atoms with Crippen LogP contribution in [-0.2, 0) is 14.2 Å². The fourth-order valence-corrected chi connectivity index (χ4v) is 7.06. The Bertz CT molecular complexity index is 986. The van der Waals surface area contributed by atoms with Crippen LogP contribution in [0.4, 0.5) is 4.79 Å². The summed E-state index contributed by atoms with van der Waals surface area (Å²) in [6, 6.07) is 10.8. The highest BCUT2D eigenvalue weighted by Crippen LogP contribution is 2.39. The summed E-state index contributed by atoms with van der Waals surface area (Å²) in [6.45, 7) is 1.99. The molecule has 0 N–H and O–H groups in total. The van der Waals surface area contributed by atoms with Gasteiger partial charge in [-0.15, -0.1) is 0 Å². The Balaban J connectivity index is 1.30. The van der Waals surface area contributed by atoms with Crippen LogP contribution in [0.3, 0.4) is 0 Å². The second-order valence-electron chi connectivity index (χ2n) is 10.3. The Hall–Kier alpha value is -1.65. The summed E-state index contributed by atoms with van der Waals surface area (Å²) < 4.78 is 21.1. The minimum Gasteiger partial charge on any atom is -0.453 e. The number of methoxy groups -OCH3 is 1. The van der Waals surface area contributed by atoms with Crippen molar-refractivity contribution in [3.8, 4) is 0 Å². The molecule has 0 spiro atoms. The Morgan fingerprint density at radius 3 is 2.61 bits per heavy atom. The van der Waals surface area contributed by atoms with E-state index in [9.17, 15) is 4.79 Å². The highest BCUT2D eigenvalue weighted by molar-refractivity contribution is 14.1. The van der Waals surface area contributed by atoms with Crippen LogP contribution in [0.2, 0.25) is 0 Å². The summed E-state index contributed by atoms with van der Waals surface area (Å²) in [5, 5.41) is 4.73. The van der Waals surface area contributed by atoms with Gasteiger partial charge in [-0.1, -0.05) is 30.3 Å². The van der Waals surface area contributed by atoms with Crippen LogP contribution < -0.4 is 0 Å². The van der Waals surface area contributed by atoms with E-state index >= 15 is 0 Å². The van der Waals surface area contributed by atoms with Crippen LogP contribution >= 0.6 is 22.6 Å². The molecule has 1 amide bonds. The normalized spacial score (nSPS) is 29.2. The first kappa shape index (κ1) is 26.0. The lowest BCUT2D eigenvalue weighted by Gasteiger charge is -2.42. The highest BCUT2D eigenvalue weighted by Gasteiger charge is 2.40. The molecule has 0 radical (unpaired) electrons. The van der Waals surface area contributed by atoms with E-state index in [1.165, 1.54) is 18.4 Å². The topological polar surface area (TPSA) is 65.8 Å². The van der Waals surface area contributed by atoms with Crippen molar-refractivity contribution in [3.63, 3.8) is 0 Å². The Kier molecular flexibility index (Phi) is 8.85. The number of likely N-dealkylation sites (tertiary alicyclic amines) is 1. The molecule has 1 aromatic carbocycles. The number of benzene rings is 1. The zero-order valence-corrected chi connectivity index (χ0v) is 23.3. The standard InChI is InChI=1S/C28H38IN3O4/c1-34-28(33)31-16-7-10-23(27-24(29)18-30-32(27)26-11-5-6-17-35-26)25(31)19-36-22-14-12-21(13-15-22)20-8-3-2-4-9-20/h2-4,8-9,18,21-23,25-26H,5-7,10-17,19H2,1H3/t21?,22?,23?,25-,26?/m0/s1. The molecule has 2 aliphatic heterocycles. The predicted molar refractivity (Wildman–Crippen MR) is 146 cm³/mol. The fraction of sp³-hybridized carbons (Fsp3) is 0.643. The Morgan fingerprint density at radius 2 is 1.89 bits per heavy atom. The lowest BCUT2D eigenvalue weighted by atomic mass is 9.82. The molecule has 2 aromatic rings. The molecule has 7 nitrogen and oxygen atoms in total. The molecule has 36 heavy (non-hydrogen) atoms. The molecule has 2 saturated heterocycles. The number of carbonyl (C=O) groups excluding carboxylic acids is 1. The van der Waals surface area contributed by atoms with Crippen molar-refractivity contribution < 1.29 is 19.0 Å². The molecule has 8 heteroatoms. The molecule has 3 heterocycles. The molecular weight excluding hydrogens is 569 g/mol. The van der Waals surface area contributed by atoms with Gasteiger partial charge in [0.25, 0.3) is 0 Å². The van der Waals surface area contributed by atoms with Crippen molar-refractivity contribution in [2.75, 3.05) is 26.9 Å². The Morgan fingerprint density at radius 1 is 1.08 bits per heavy atom. The number of hydrogen-bond donors (Lipinski definition) is 0. The van der Waals surface area contributed by atoms with Gasteiger partial charge in [0.2, 0.25) is 0 Å². The van der Waals surface area contributed by atoms with Crippen LogP contribution in [0.25, 0.3) is 0 Å². The van der Waals surface area contributed by atoms with Gasteiger partial charge in [0.1, 0.15) is 0 Å². The van der Waals surface area contributed by atoms with Gasteiger partial charge < -0.3 is 19.1 Å². The molecule has 3 atom stereocenters. The molecule has 1 saturated carbocycles. The predicted octanol–water partition coefficient (Wildman–Crippen LogP) is 6.24. The zero-order valence-electron chi connectivity index (χ0n) is 21.2. The van der Waals surface area contributed by atoms with E-state index in [4.69, 9.17) is 19.3 Å². The van der Waals surface area contributed by atoms with Crippen LogP contribution in [0.1, 0.15) is 87.1 Å². The average Bonchev–Trinajstić information content (AvgIpc) is 3.33. The van der Waals surface area contributed by atoms with Crippen molar-refractivity contribution in [1.29, 1.82) is 0 Å². The number of carbonyl (C=O) groups is 1. The van der Waals surface area contributed by atoms with E-state index in [-0.39, 0.29) is 30.4 Å². The number of rotatable bonds is 6. The number of nitrogens with zero attached hydrogens (tertiary/aromatic N) is 3. The van der Waals surface area contributed by atoms with Gasteiger partial charge in [0.05, 0.1) is 41.3 Å². The second kappa shape index (κ2) is 12.3. The second-order valence-corrected chi connectivity index (χ2v) is 11.5. The van der Waals surface area contributed by atoms with Crippen molar-refractivity contribution in [3.05, 3.63) is 51.4 Å². The van der Waals surface area contributed by atoms with E-state index < -0.39 is 0 Å². The van der Waals surface area contributed by atoms with Crippen molar-refractivity contribution in [2.24, 2.45) is 0 Å². The first-order chi connectivity index (χ1) is 17.7. The summed E-state index contributed by atoms with van der Waals surface area (Å²) in [5.41, 5.74) is 2.62. The van der Waals surface area contributed by atoms with Gasteiger partial charge in [-0.2, -0.15) is 5.10 Å². The lowest BCUT2D eigenvalue weighted by molar-refractivity contribution is -0.0468. The third-order valence-electron chi connectivity index (χ3n) is 8.20. The summed E-state index contributed by atoms with van der Waals surface area (Å²) in [4.78, 5) is 14.7. The lowest BCUT2D eigenvalue weighted by Crippen LogP contribution is -2.51. The number of piperidine rings is 1. The minimum atomic E-state index is -0.268. The van der Waals surface area contributed by atoms with Crippen LogP contribution in [0.5, 0.6) is 0 Å². The van der Waals surface area contributed by atoms with Crippen molar-refractivity contribution in [1.82, 2.24) is 14.7 Å². The van der Waals surface area contributed by atoms with E-state index in [1.807, 2.05) is 11.1 Å². The zero-order chi connectivity index (χ0) is 24.9. The first-order valence-electron chi connectivity index (χ1n) is 13.5. The number of halogens is 1. The summed E-state index contributed by atoms with van der Waals surface area (Å²) in [5.74, 6) is 0.755. The first-order valence-corrected chi connectivity index (χ1v) is 14.6. The molecule has 1 aromatic heterocycles. The molecule has 1 aliphatic carbocycles. The fourth-order valence-electron chi connectivity index (χ4n) is 6.29. The monoisotopic (exact) mass is 607 g/mol. The highest BCUT2D eigenvalue weighted by atomic mass is 127. The minimum absolute atomic E-state index is 0.0272. The molecule has 3 aliphatic rings. The largest absolute Gasteiger partial charge is 0.453 e. The van der Waals surface area contributed by atoms with E-state index in [1.54, 1.807) is 0 Å². The van der Waals surface area contributed by atoms with Gasteiger partial charge in [-0.25, -0.2) is 9.48 Å². The SMILES string of the molecule is COC(=O)N1CCCC(c2c(I)cnn2C2CCCCO2)[C@@H]1COC1CCC(c2ccccc2)CC1. The van der Waals surface area contributed by atoms with Crippen LogP contribution in [0, 0.1) is 3.57 Å². The number of aromatic nitrogens is 2. The van der Waals surface area contributed by atoms with Gasteiger partial charge >= 0.3 is 6.09 Å². The van der Waals surface area contributed by atoms with Crippen molar-refractivity contribution in [2.45, 2.75) is 88.0 Å². The van der Waals surface area contributed by atoms with Crippen molar-refractivity contribution >= 4 is 28.7 Å². The number of ether oxygens (including phenoxy) is 3. The maximum atomic E-state index is 12.8. The molecule has 196 valence electrons. The van der Waals surface area contributed by atoms with Gasteiger partial charge in [0, 0.05) is 19.1 Å². The summed E-state index contributed by atoms with van der Waals surface area (Å²) >= 11 is 2.39. The average molecular weight is 608 g/mol. The van der Waals surface area contributed by atoms with E-state index in [2.05, 4.69) is 57.6 Å². The quantitative estimate of drug-likeness (QED) is 0.364. The third-order valence-corrected chi connectivity index (χ3v) is 9.03. The van der Waals surface area contributed by atoms with E-state index in [0.29, 0.717) is 19.1 Å². The molecule has 5 rings (SSSR count). The summed E-state index contributed by atoms with van der Waals surface area (Å²) in [6.07, 6.45) is 11.4. The van der Waals surface area contributed by atoms with Crippen LogP contribution in [-0.4, -0.2) is 59.8 Å².